The molecule has 1 fully saturated rings. The number of ether oxygens (including phenoxy) is 3. The van der Waals surface area contributed by atoms with Crippen LogP contribution in [-0.2, 0) is 36.8 Å². The maximum Gasteiger partial charge on any atom is 0.450 e. The third-order valence-corrected chi connectivity index (χ3v) is 26.4. The zero-order chi connectivity index (χ0) is 77.2. The summed E-state index contributed by atoms with van der Waals surface area (Å²) in [6, 6.07) is 17.8. The lowest BCUT2D eigenvalue weighted by Crippen LogP contribution is -2.65. The Balaban J connectivity index is 0.000000139. The first-order valence-corrected chi connectivity index (χ1v) is 39.0. The summed E-state index contributed by atoms with van der Waals surface area (Å²) in [6.45, 7) is 14.1. The van der Waals surface area contributed by atoms with Gasteiger partial charge in [-0.15, -0.1) is 0 Å². The van der Waals surface area contributed by atoms with Gasteiger partial charge in [0.15, 0.2) is 71.1 Å². The molecule has 13 atom stereocenters. The molecule has 15 rings (SSSR count). The molecule has 31 heteroatoms. The van der Waals surface area contributed by atoms with Gasteiger partial charge in [-0.2, -0.15) is 34.4 Å². The third kappa shape index (κ3) is 13.5. The highest BCUT2D eigenvalue weighted by atomic mass is 35.6. The fourth-order valence-corrected chi connectivity index (χ4v) is 17.6. The molecule has 2 bridgehead atoms. The Morgan fingerprint density at radius 2 is 0.906 bits per heavy atom. The number of aliphatic hydroxyl groups is 3. The van der Waals surface area contributed by atoms with Crippen molar-refractivity contribution in [3.63, 3.8) is 0 Å². The number of benzene rings is 2. The van der Waals surface area contributed by atoms with Crippen LogP contribution in [0, 0.1) is 37.5 Å². The van der Waals surface area contributed by atoms with Crippen LogP contribution in [0.3, 0.4) is 0 Å². The van der Waals surface area contributed by atoms with Gasteiger partial charge in [-0.05, 0) is 159 Å². The molecule has 1 spiro atoms. The minimum atomic E-state index is -2.42. The number of aryl methyl sites for hydroxylation is 2. The molecule has 0 unspecified atom stereocenters. The predicted octanol–water partition coefficient (Wildman–Crippen LogP) is 10.1. The van der Waals surface area contributed by atoms with E-state index in [4.69, 9.17) is 71.1 Å². The molecule has 4 aromatic heterocycles. The number of Topliss-reactive ketones (excluding diaryl/α,β-unsaturated/α-hetero) is 4. The fourth-order valence-electron chi connectivity index (χ4n) is 16.1. The molecule has 0 amide bonds. The van der Waals surface area contributed by atoms with Crippen molar-refractivity contribution in [3.8, 4) is 11.8 Å². The lowest BCUT2D eigenvalue weighted by Gasteiger charge is -2.51. The first-order valence-electron chi connectivity index (χ1n) is 34.8. The van der Waals surface area contributed by atoms with Crippen molar-refractivity contribution < 1.29 is 85.6 Å². The second-order valence-electron chi connectivity index (χ2n) is 30.3. The van der Waals surface area contributed by atoms with Crippen LogP contribution in [-0.4, -0.2) is 201 Å². The molecule has 3 N–H and O–H groups in total. The van der Waals surface area contributed by atoms with Crippen LogP contribution in [0.1, 0.15) is 158 Å². The maximum atomic E-state index is 13.8. The molecule has 0 radical (unpaired) electrons. The van der Waals surface area contributed by atoms with Gasteiger partial charge in [0.05, 0.1) is 59.4 Å². The Morgan fingerprint density at radius 1 is 0.538 bits per heavy atom. The molecule has 7 aliphatic carbocycles. The highest BCUT2D eigenvalue weighted by Crippen LogP contribution is 2.60. The van der Waals surface area contributed by atoms with Crippen molar-refractivity contribution in [2.24, 2.45) is 23.7 Å². The average molecular weight is 1530 g/mol. The van der Waals surface area contributed by atoms with Crippen molar-refractivity contribution in [2.45, 2.75) is 144 Å². The molecule has 1 saturated heterocycles. The minimum absolute atomic E-state index is 0.0000638. The van der Waals surface area contributed by atoms with Crippen LogP contribution in [0.2, 0.25) is 18.1 Å². The summed E-state index contributed by atoms with van der Waals surface area (Å²) >= 11 is 14.4. The van der Waals surface area contributed by atoms with Gasteiger partial charge in [0.1, 0.15) is 24.3 Å². The van der Waals surface area contributed by atoms with Crippen molar-refractivity contribution in [1.82, 2.24) is 40.2 Å². The number of allylic oxidation sites excluding steroid dienone is 3. The van der Waals surface area contributed by atoms with Gasteiger partial charge in [0.2, 0.25) is 23.1 Å². The second kappa shape index (κ2) is 30.4. The number of halogens is 3. The highest BCUT2D eigenvalue weighted by molar-refractivity contribution is 7.54. The Morgan fingerprint density at radius 3 is 1.33 bits per heavy atom. The number of ketones is 7. The highest BCUT2D eigenvalue weighted by Gasteiger charge is 2.69. The Bertz CT molecular complexity index is 4500. The van der Waals surface area contributed by atoms with Gasteiger partial charge in [-0.3, -0.25) is 53.2 Å². The van der Waals surface area contributed by atoms with E-state index >= 15 is 0 Å². The van der Waals surface area contributed by atoms with Crippen LogP contribution in [0.4, 0.5) is 0 Å². The Hall–Kier alpha value is -7.68. The van der Waals surface area contributed by atoms with E-state index in [-0.39, 0.29) is 101 Å². The molecule has 6 heterocycles. The number of hydrogen-bond donors (Lipinski definition) is 3. The van der Waals surface area contributed by atoms with Crippen molar-refractivity contribution in [2.75, 3.05) is 63.0 Å². The van der Waals surface area contributed by atoms with Gasteiger partial charge >= 0.3 is 4.96 Å². The van der Waals surface area contributed by atoms with Crippen LogP contribution >= 0.6 is 34.4 Å². The standard InChI is InChI=1S/C21H22N2O5.C20H20N2O5.C20H30N2O4Si.C14H16N2O4.BCl3/c1-23(2)17-15-9-14-8-13(10-24)21(15,27-14)19(25)16-18(17)28-22-20(16)26-11-12-6-4-3-5-7-12;1-22(2)16-13-9-6-10-14(23)20(13,25)18(24)15-17(16)27-21-19(15)26-11-12-7-4-3-5-8-12;1-12-15-17(25-21-12)16(22(5)6)13-10-9-11-14(23)20(13,18(15)24)26-27(7,8)19(2,3)4;1-7-10-12(20-15-7)11(16(2)3)8-5-4-6-9(17)14(8,19)13(10)18;2-1(3)4/h3-8,14-15,17,24H,9-11H2,1-2H3;3-8,10,13,16,25H,9,11H2,1-2H3;9,11,13,16H,10H2,1-8H3;4,6,8,11,19H,5H2,1-3H3;/t14-,15-,17-,21+;2*13-,16-,20-;8-,11-,14-;/m0000./s1. The third-order valence-electron chi connectivity index (χ3n) is 22.0. The topological polar surface area (TPSA) is 334 Å². The minimum Gasteiger partial charge on any atom is -0.470 e. The molecular weight excluding hydrogens is 1450 g/mol. The Kier molecular flexibility index (Phi) is 22.8. The number of hydrogen-bond acceptors (Lipinski definition) is 26. The summed E-state index contributed by atoms with van der Waals surface area (Å²) in [5.74, 6) is -2.91. The van der Waals surface area contributed by atoms with Crippen LogP contribution in [0.5, 0.6) is 11.8 Å². The monoisotopic (exact) mass is 1530 g/mol. The first kappa shape index (κ1) is 79.4. The normalized spacial score (nSPS) is 28.5. The molecule has 6 aromatic rings. The number of nitrogens with zero attached hydrogens (tertiary/aromatic N) is 8. The summed E-state index contributed by atoms with van der Waals surface area (Å²) in [7, 11) is 12.6. The molecule has 2 aliphatic heterocycles. The van der Waals surface area contributed by atoms with Gasteiger partial charge < -0.3 is 52.0 Å². The average Bonchev–Trinajstić information content (AvgIpc) is 1.49. The number of fused-ring (bicyclic) bond motifs is 8. The number of rotatable bonds is 13. The van der Waals surface area contributed by atoms with E-state index in [0.717, 1.165) is 11.1 Å². The smallest absolute Gasteiger partial charge is 0.450 e. The van der Waals surface area contributed by atoms with E-state index in [1.54, 1.807) is 40.1 Å². The van der Waals surface area contributed by atoms with Gasteiger partial charge in [0.25, 0.3) is 11.8 Å². The first-order chi connectivity index (χ1) is 50.0. The molecule has 0 saturated carbocycles. The van der Waals surface area contributed by atoms with Crippen LogP contribution < -0.4 is 9.47 Å². The summed E-state index contributed by atoms with van der Waals surface area (Å²) in [5.41, 5.74) is -2.35. The van der Waals surface area contributed by atoms with E-state index in [2.05, 4.69) is 54.5 Å². The summed E-state index contributed by atoms with van der Waals surface area (Å²) in [6.07, 6.45) is 13.1. The maximum absolute atomic E-state index is 13.8. The van der Waals surface area contributed by atoms with E-state index in [1.807, 2.05) is 135 Å². The molecule has 106 heavy (non-hydrogen) atoms. The molecule has 2 aromatic carbocycles. The van der Waals surface area contributed by atoms with E-state index < -0.39 is 76.7 Å². The van der Waals surface area contributed by atoms with Crippen LogP contribution in [0.25, 0.3) is 0 Å². The zero-order valence-electron chi connectivity index (χ0n) is 61.7. The lowest BCUT2D eigenvalue weighted by atomic mass is 9.65. The van der Waals surface area contributed by atoms with E-state index in [1.165, 1.54) is 18.2 Å². The lowest BCUT2D eigenvalue weighted by molar-refractivity contribution is -0.137. The number of aromatic nitrogens is 4. The number of aliphatic hydroxyl groups excluding tert-OH is 1. The van der Waals surface area contributed by atoms with Crippen molar-refractivity contribution >= 4 is 88.1 Å². The Labute approximate surface area is 629 Å². The second-order valence-corrected chi connectivity index (χ2v) is 37.0. The quantitative estimate of drug-likeness (QED) is 0.0549. The molecule has 26 nitrogen and oxygen atoms in total. The zero-order valence-corrected chi connectivity index (χ0v) is 65.0. The summed E-state index contributed by atoms with van der Waals surface area (Å²) in [4.78, 5) is 98.0. The molecular formula is C75H88BCl3N8O18Si. The molecule has 564 valence electrons. The van der Waals surface area contributed by atoms with E-state index in [9.17, 15) is 48.9 Å². The van der Waals surface area contributed by atoms with Gasteiger partial charge in [-0.25, -0.2) is 0 Å². The van der Waals surface area contributed by atoms with Gasteiger partial charge in [-0.1, -0.05) is 116 Å². The fraction of sp³-hybridized carbons (Fsp3) is 0.480. The number of carbonyl (C=O) groups is 7. The number of carbonyl (C=O) groups excluding carboxylic acids is 7. The van der Waals surface area contributed by atoms with Crippen LogP contribution in [0.15, 0.2) is 127 Å². The van der Waals surface area contributed by atoms with Gasteiger partial charge in [0, 0.05) is 23.7 Å². The predicted molar refractivity (Wildman–Crippen MR) is 392 cm³/mol. The molecule has 9 aliphatic rings. The summed E-state index contributed by atoms with van der Waals surface area (Å²) < 4.78 is 46.4. The SMILES string of the molecule is CN(C)[C@@H]1c2onc(OCc3ccccc3)c2C(=O)[C@@]2(O)C(=O)C=CC[C@@H]12.CN(C)[C@@H]1c2onc(OCc3ccccc3)c2C(=O)[C@@]23O[C@@H](C=C2CO)C[C@@H]13.Cc1noc2c1C(=O)[C@@]1(O)C(=O)C=CC[C@H]1[C@@H]2N(C)C.Cc1noc2c1C(=O)[C@@]1(O[Si](C)(C)C(C)(C)C)C(=O)C=CC[C@H]1[C@@H]2N(C)C.ClB(Cl)Cl. The van der Waals surface area contributed by atoms with Crippen molar-refractivity contribution in [1.29, 1.82) is 0 Å². The van der Waals surface area contributed by atoms with E-state index in [0.29, 0.717) is 76.8 Å². The largest absolute Gasteiger partial charge is 0.470 e. The summed E-state index contributed by atoms with van der Waals surface area (Å²) in [5, 5.41) is 47.5. The van der Waals surface area contributed by atoms with Crippen molar-refractivity contribution in [3.05, 3.63) is 177 Å².